The summed E-state index contributed by atoms with van der Waals surface area (Å²) in [7, 11) is 0. The molecule has 0 spiro atoms. The van der Waals surface area contributed by atoms with E-state index in [1.165, 1.54) is 30.3 Å². The molecule has 0 aliphatic carbocycles. The number of ketones is 1. The van der Waals surface area contributed by atoms with Gasteiger partial charge in [-0.1, -0.05) is 18.2 Å². The van der Waals surface area contributed by atoms with Gasteiger partial charge in [-0.2, -0.15) is 0 Å². The number of rotatable bonds is 5. The van der Waals surface area contributed by atoms with E-state index in [0.29, 0.717) is 5.56 Å². The maximum atomic E-state index is 12.2. The van der Waals surface area contributed by atoms with Crippen LogP contribution in [0.15, 0.2) is 42.5 Å². The third kappa shape index (κ3) is 4.64. The first-order chi connectivity index (χ1) is 12.3. The number of aryl methyl sites for hydroxylation is 2. The highest BCUT2D eigenvalue weighted by Gasteiger charge is 2.12. The van der Waals surface area contributed by atoms with E-state index in [9.17, 15) is 19.5 Å². The van der Waals surface area contributed by atoms with Crippen LogP contribution in [-0.2, 0) is 9.53 Å². The fourth-order valence-corrected chi connectivity index (χ4v) is 2.33. The molecule has 0 bridgehead atoms. The summed E-state index contributed by atoms with van der Waals surface area (Å²) in [6, 6.07) is 9.32. The smallest absolute Gasteiger partial charge is 0.345 e. The number of nitrogens with two attached hydrogens (primary N) is 1. The lowest BCUT2D eigenvalue weighted by Gasteiger charge is -2.05. The van der Waals surface area contributed by atoms with Crippen molar-refractivity contribution in [3.8, 4) is 5.75 Å². The Balaban J connectivity index is 2.10. The van der Waals surface area contributed by atoms with Gasteiger partial charge in [-0.15, -0.1) is 0 Å². The van der Waals surface area contributed by atoms with Crippen molar-refractivity contribution in [3.63, 3.8) is 0 Å². The summed E-state index contributed by atoms with van der Waals surface area (Å²) in [5, 5.41) is 9.77. The number of aromatic hydroxyl groups is 1. The Kier molecular flexibility index (Phi) is 6.03. The van der Waals surface area contributed by atoms with Crippen LogP contribution in [0.3, 0.4) is 0 Å². The van der Waals surface area contributed by atoms with E-state index in [4.69, 9.17) is 5.73 Å². The van der Waals surface area contributed by atoms with Crippen molar-refractivity contribution in [2.24, 2.45) is 5.73 Å². The highest BCUT2D eigenvalue weighted by molar-refractivity contribution is 6.07. The average molecular weight is 353 g/mol. The van der Waals surface area contributed by atoms with Gasteiger partial charge in [0.15, 0.2) is 5.78 Å². The molecule has 0 radical (unpaired) electrons. The molecular formula is C20H19NO5. The Hall–Kier alpha value is -3.25. The number of allylic oxidation sites excluding steroid dienone is 1. The van der Waals surface area contributed by atoms with E-state index in [2.05, 4.69) is 4.74 Å². The molecule has 0 fully saturated rings. The molecule has 2 aromatic carbocycles. The van der Waals surface area contributed by atoms with Crippen LogP contribution in [0.4, 0.5) is 0 Å². The Morgan fingerprint density at radius 3 is 2.12 bits per heavy atom. The topological polar surface area (TPSA) is 107 Å². The highest BCUT2D eigenvalue weighted by Crippen LogP contribution is 2.23. The molecule has 0 aromatic heterocycles. The van der Waals surface area contributed by atoms with Crippen LogP contribution in [0.25, 0.3) is 6.08 Å². The Morgan fingerprint density at radius 1 is 1.04 bits per heavy atom. The molecular weight excluding hydrogens is 334 g/mol. The molecule has 2 aromatic rings. The molecule has 6 nitrogen and oxygen atoms in total. The van der Waals surface area contributed by atoms with Gasteiger partial charge < -0.3 is 15.6 Å². The minimum atomic E-state index is -0.822. The molecule has 0 heterocycles. The molecule has 2 rings (SSSR count). The van der Waals surface area contributed by atoms with Crippen molar-refractivity contribution in [1.82, 2.24) is 0 Å². The zero-order chi connectivity index (χ0) is 19.3. The lowest BCUT2D eigenvalue weighted by Crippen LogP contribution is -2.20. The number of esters is 2. The molecule has 134 valence electrons. The van der Waals surface area contributed by atoms with Crippen molar-refractivity contribution in [2.75, 3.05) is 6.54 Å². The van der Waals surface area contributed by atoms with Gasteiger partial charge >= 0.3 is 11.9 Å². The van der Waals surface area contributed by atoms with Crippen LogP contribution in [-0.4, -0.2) is 29.4 Å². The van der Waals surface area contributed by atoms with Crippen molar-refractivity contribution in [1.29, 1.82) is 0 Å². The minimum absolute atomic E-state index is 0.150. The fourth-order valence-electron chi connectivity index (χ4n) is 2.33. The van der Waals surface area contributed by atoms with Gasteiger partial charge in [0.25, 0.3) is 0 Å². The molecule has 3 N–H and O–H groups in total. The number of benzene rings is 2. The second-order valence-electron chi connectivity index (χ2n) is 5.74. The first-order valence-electron chi connectivity index (χ1n) is 7.89. The molecule has 0 unspecified atom stereocenters. The van der Waals surface area contributed by atoms with Gasteiger partial charge in [-0.05, 0) is 60.9 Å². The van der Waals surface area contributed by atoms with Crippen LogP contribution in [0, 0.1) is 13.8 Å². The van der Waals surface area contributed by atoms with Crippen LogP contribution < -0.4 is 5.73 Å². The van der Waals surface area contributed by atoms with E-state index in [-0.39, 0.29) is 23.6 Å². The summed E-state index contributed by atoms with van der Waals surface area (Å²) in [6.07, 6.45) is 3.07. The lowest BCUT2D eigenvalue weighted by molar-refractivity contribution is -0.136. The predicted molar refractivity (Wildman–Crippen MR) is 96.9 cm³/mol. The number of carbonyl (C=O) groups is 3. The summed E-state index contributed by atoms with van der Waals surface area (Å²) >= 11 is 0. The lowest BCUT2D eigenvalue weighted by atomic mass is 10.0. The monoisotopic (exact) mass is 353 g/mol. The number of hydrogen-bond donors (Lipinski definition) is 2. The molecule has 0 amide bonds. The Bertz CT molecular complexity index is 859. The van der Waals surface area contributed by atoms with E-state index in [1.54, 1.807) is 32.1 Å². The number of phenols is 1. The van der Waals surface area contributed by atoms with Gasteiger partial charge in [0.2, 0.25) is 0 Å². The minimum Gasteiger partial charge on any atom is -0.507 e. The van der Waals surface area contributed by atoms with Crippen LogP contribution in [0.5, 0.6) is 5.75 Å². The summed E-state index contributed by atoms with van der Waals surface area (Å²) in [5.41, 5.74) is 7.87. The number of hydrogen-bond acceptors (Lipinski definition) is 6. The fraction of sp³-hybridized carbons (Fsp3) is 0.150. The number of phenolic OH excluding ortho intramolecular Hbond substituents is 1. The van der Waals surface area contributed by atoms with Crippen molar-refractivity contribution >= 4 is 23.8 Å². The summed E-state index contributed by atoms with van der Waals surface area (Å²) in [4.78, 5) is 34.9. The maximum absolute atomic E-state index is 12.2. The largest absolute Gasteiger partial charge is 0.507 e. The zero-order valence-corrected chi connectivity index (χ0v) is 14.5. The first kappa shape index (κ1) is 19.1. The van der Waals surface area contributed by atoms with Gasteiger partial charge in [-0.3, -0.25) is 9.59 Å². The van der Waals surface area contributed by atoms with E-state index < -0.39 is 11.9 Å². The molecule has 26 heavy (non-hydrogen) atoms. The zero-order valence-electron chi connectivity index (χ0n) is 14.5. The molecule has 0 saturated carbocycles. The summed E-state index contributed by atoms with van der Waals surface area (Å²) in [6.45, 7) is 3.19. The average Bonchev–Trinajstić information content (AvgIpc) is 2.63. The Labute approximate surface area is 150 Å². The standard InChI is InChI=1S/C20H19NO5/c1-12-9-14(10-13(2)19(12)24)3-8-17(22)15-4-6-16(7-5-15)20(25)26-18(23)11-21/h3-10,24H,11,21H2,1-2H3. The molecule has 6 heteroatoms. The molecule has 0 aliphatic heterocycles. The maximum Gasteiger partial charge on any atom is 0.345 e. The second-order valence-corrected chi connectivity index (χ2v) is 5.74. The Morgan fingerprint density at radius 2 is 1.58 bits per heavy atom. The number of ether oxygens (including phenoxy) is 1. The van der Waals surface area contributed by atoms with Gasteiger partial charge in [0.1, 0.15) is 5.75 Å². The van der Waals surface area contributed by atoms with Gasteiger partial charge in [-0.25, -0.2) is 4.79 Å². The summed E-state index contributed by atoms with van der Waals surface area (Å²) in [5.74, 6) is -1.64. The third-order valence-electron chi connectivity index (χ3n) is 3.72. The molecule has 0 saturated heterocycles. The van der Waals surface area contributed by atoms with Crippen molar-refractivity contribution in [2.45, 2.75) is 13.8 Å². The van der Waals surface area contributed by atoms with Crippen LogP contribution >= 0.6 is 0 Å². The first-order valence-corrected chi connectivity index (χ1v) is 7.89. The highest BCUT2D eigenvalue weighted by atomic mass is 16.6. The van der Waals surface area contributed by atoms with E-state index in [1.807, 2.05) is 0 Å². The quantitative estimate of drug-likeness (QED) is 0.370. The van der Waals surface area contributed by atoms with Crippen molar-refractivity contribution in [3.05, 3.63) is 70.3 Å². The second kappa shape index (κ2) is 8.22. The van der Waals surface area contributed by atoms with Crippen molar-refractivity contribution < 1.29 is 24.2 Å². The molecule has 0 aliphatic rings. The van der Waals surface area contributed by atoms with Gasteiger partial charge in [0.05, 0.1) is 12.1 Å². The third-order valence-corrected chi connectivity index (χ3v) is 3.72. The van der Waals surface area contributed by atoms with Crippen LogP contribution in [0.2, 0.25) is 0 Å². The van der Waals surface area contributed by atoms with Gasteiger partial charge in [0, 0.05) is 5.56 Å². The van der Waals surface area contributed by atoms with E-state index in [0.717, 1.165) is 16.7 Å². The van der Waals surface area contributed by atoms with Crippen LogP contribution in [0.1, 0.15) is 37.4 Å². The SMILES string of the molecule is Cc1cc(C=CC(=O)c2ccc(C(=O)OC(=O)CN)cc2)cc(C)c1O. The summed E-state index contributed by atoms with van der Waals surface area (Å²) < 4.78 is 4.50. The molecule has 0 atom stereocenters. The number of carbonyl (C=O) groups excluding carboxylic acids is 3. The van der Waals surface area contributed by atoms with E-state index >= 15 is 0 Å². The normalized spacial score (nSPS) is 10.7. The predicted octanol–water partition coefficient (Wildman–Crippen LogP) is 2.55.